The van der Waals surface area contributed by atoms with Crippen molar-refractivity contribution in [1.82, 2.24) is 15.3 Å². The maximum absolute atomic E-state index is 5.01. The van der Waals surface area contributed by atoms with Crippen molar-refractivity contribution in [3.8, 4) is 11.4 Å². The lowest BCUT2D eigenvalue weighted by Gasteiger charge is -2.03. The van der Waals surface area contributed by atoms with E-state index in [1.165, 1.54) is 0 Å². The Morgan fingerprint density at radius 1 is 1.40 bits per heavy atom. The first-order valence-electron chi connectivity index (χ1n) is 4.81. The molecule has 0 saturated carbocycles. The maximum atomic E-state index is 5.01. The number of aryl methyl sites for hydroxylation is 1. The van der Waals surface area contributed by atoms with E-state index in [4.69, 9.17) is 4.42 Å². The number of nitrogens with zero attached hydrogens (tertiary/aromatic N) is 2. The number of rotatable bonds is 3. The van der Waals surface area contributed by atoms with E-state index in [-0.39, 0.29) is 0 Å². The Hall–Kier alpha value is -1.68. The fourth-order valence-electron chi connectivity index (χ4n) is 1.43. The fraction of sp³-hybridized carbons (Fsp3) is 0.273. The summed E-state index contributed by atoms with van der Waals surface area (Å²) in [4.78, 5) is 8.79. The number of hydrogen-bond acceptors (Lipinski definition) is 4. The van der Waals surface area contributed by atoms with Crippen LogP contribution in [0.5, 0.6) is 0 Å². The van der Waals surface area contributed by atoms with E-state index in [1.54, 1.807) is 12.5 Å². The smallest absolute Gasteiger partial charge is 0.162 e. The Morgan fingerprint density at radius 3 is 2.93 bits per heavy atom. The monoisotopic (exact) mass is 203 g/mol. The zero-order valence-corrected chi connectivity index (χ0v) is 8.82. The molecule has 0 aliphatic heterocycles. The van der Waals surface area contributed by atoms with Gasteiger partial charge < -0.3 is 9.73 Å². The molecule has 0 saturated heterocycles. The Kier molecular flexibility index (Phi) is 2.78. The highest BCUT2D eigenvalue weighted by molar-refractivity contribution is 5.52. The molecule has 0 unspecified atom stereocenters. The Labute approximate surface area is 88.4 Å². The third-order valence-corrected chi connectivity index (χ3v) is 2.04. The van der Waals surface area contributed by atoms with Gasteiger partial charge in [-0.15, -0.1) is 0 Å². The van der Waals surface area contributed by atoms with Gasteiger partial charge in [0, 0.05) is 12.2 Å². The summed E-state index contributed by atoms with van der Waals surface area (Å²) in [5.41, 5.74) is 2.86. The van der Waals surface area contributed by atoms with Crippen molar-refractivity contribution in [2.45, 2.75) is 13.5 Å². The van der Waals surface area contributed by atoms with Crippen LogP contribution in [0.1, 0.15) is 11.4 Å². The van der Waals surface area contributed by atoms with Gasteiger partial charge in [0.1, 0.15) is 6.26 Å². The van der Waals surface area contributed by atoms with Crippen LogP contribution in [-0.4, -0.2) is 17.0 Å². The molecule has 0 aromatic carbocycles. The van der Waals surface area contributed by atoms with Gasteiger partial charge in [-0.1, -0.05) is 0 Å². The third-order valence-electron chi connectivity index (χ3n) is 2.04. The minimum Gasteiger partial charge on any atom is -0.472 e. The average Bonchev–Trinajstić information content (AvgIpc) is 2.70. The van der Waals surface area contributed by atoms with Gasteiger partial charge in [-0.25, -0.2) is 9.97 Å². The number of furan rings is 1. The van der Waals surface area contributed by atoms with Crippen LogP contribution in [-0.2, 0) is 6.54 Å². The molecule has 78 valence electrons. The maximum Gasteiger partial charge on any atom is 0.162 e. The number of hydrogen-bond donors (Lipinski definition) is 1. The van der Waals surface area contributed by atoms with Gasteiger partial charge in [0.2, 0.25) is 0 Å². The first kappa shape index (κ1) is 9.86. The molecule has 2 aromatic heterocycles. The molecule has 4 nitrogen and oxygen atoms in total. The molecule has 2 rings (SSSR count). The van der Waals surface area contributed by atoms with E-state index in [2.05, 4.69) is 15.3 Å². The lowest BCUT2D eigenvalue weighted by molar-refractivity contribution is 0.568. The Balaban J connectivity index is 2.40. The van der Waals surface area contributed by atoms with Crippen molar-refractivity contribution in [3.63, 3.8) is 0 Å². The molecular formula is C11H13N3O. The second-order valence-electron chi connectivity index (χ2n) is 3.37. The highest BCUT2D eigenvalue weighted by Crippen LogP contribution is 2.15. The zero-order chi connectivity index (χ0) is 10.7. The lowest BCUT2D eigenvalue weighted by Crippen LogP contribution is -2.08. The molecule has 0 aliphatic rings. The topological polar surface area (TPSA) is 51.0 Å². The van der Waals surface area contributed by atoms with Crippen LogP contribution in [0.15, 0.2) is 29.1 Å². The summed E-state index contributed by atoms with van der Waals surface area (Å²) < 4.78 is 5.01. The van der Waals surface area contributed by atoms with Crippen LogP contribution in [0, 0.1) is 6.92 Å². The van der Waals surface area contributed by atoms with Gasteiger partial charge in [0.05, 0.1) is 17.5 Å². The van der Waals surface area contributed by atoms with Crippen molar-refractivity contribution >= 4 is 0 Å². The second-order valence-corrected chi connectivity index (χ2v) is 3.37. The molecule has 0 fully saturated rings. The predicted octanol–water partition coefficient (Wildman–Crippen LogP) is 1.76. The molecule has 15 heavy (non-hydrogen) atoms. The van der Waals surface area contributed by atoms with Gasteiger partial charge in [0.15, 0.2) is 5.82 Å². The largest absolute Gasteiger partial charge is 0.472 e. The molecule has 0 aliphatic carbocycles. The van der Waals surface area contributed by atoms with Crippen molar-refractivity contribution in [1.29, 1.82) is 0 Å². The van der Waals surface area contributed by atoms with Crippen molar-refractivity contribution in [3.05, 3.63) is 36.0 Å². The summed E-state index contributed by atoms with van der Waals surface area (Å²) in [6.07, 6.45) is 3.27. The molecule has 0 bridgehead atoms. The summed E-state index contributed by atoms with van der Waals surface area (Å²) in [5.74, 6) is 0.717. The van der Waals surface area contributed by atoms with Crippen molar-refractivity contribution < 1.29 is 4.42 Å². The van der Waals surface area contributed by atoms with Gasteiger partial charge in [-0.05, 0) is 26.1 Å². The first-order valence-corrected chi connectivity index (χ1v) is 4.81. The van der Waals surface area contributed by atoms with Crippen LogP contribution in [0.2, 0.25) is 0 Å². The summed E-state index contributed by atoms with van der Waals surface area (Å²) in [5, 5.41) is 3.07. The van der Waals surface area contributed by atoms with Crippen LogP contribution in [0.3, 0.4) is 0 Å². The zero-order valence-electron chi connectivity index (χ0n) is 8.82. The van der Waals surface area contributed by atoms with Crippen molar-refractivity contribution in [2.75, 3.05) is 7.05 Å². The number of aromatic nitrogens is 2. The van der Waals surface area contributed by atoms with E-state index >= 15 is 0 Å². The molecule has 4 heteroatoms. The molecule has 0 atom stereocenters. The molecule has 2 aromatic rings. The Bertz CT molecular complexity index is 437. The highest BCUT2D eigenvalue weighted by Gasteiger charge is 2.05. The molecule has 1 N–H and O–H groups in total. The molecular weight excluding hydrogens is 190 g/mol. The fourth-order valence-corrected chi connectivity index (χ4v) is 1.43. The molecule has 0 spiro atoms. The summed E-state index contributed by atoms with van der Waals surface area (Å²) in [6.45, 7) is 2.71. The van der Waals surface area contributed by atoms with Crippen molar-refractivity contribution in [2.24, 2.45) is 0 Å². The minimum absolute atomic E-state index is 0.717. The van der Waals surface area contributed by atoms with E-state index in [0.717, 1.165) is 23.5 Å². The summed E-state index contributed by atoms with van der Waals surface area (Å²) in [6, 6.07) is 3.83. The quantitative estimate of drug-likeness (QED) is 0.825. The number of nitrogens with one attached hydrogen (secondary N) is 1. The lowest BCUT2D eigenvalue weighted by atomic mass is 10.2. The molecule has 0 radical (unpaired) electrons. The normalized spacial score (nSPS) is 10.5. The third kappa shape index (κ3) is 2.22. The van der Waals surface area contributed by atoms with Crippen LogP contribution >= 0.6 is 0 Å². The molecule has 0 amide bonds. The Morgan fingerprint density at radius 2 is 2.27 bits per heavy atom. The first-order chi connectivity index (χ1) is 7.29. The van der Waals surface area contributed by atoms with Gasteiger partial charge >= 0.3 is 0 Å². The van der Waals surface area contributed by atoms with Crippen LogP contribution in [0.25, 0.3) is 11.4 Å². The highest BCUT2D eigenvalue weighted by atomic mass is 16.3. The predicted molar refractivity (Wildman–Crippen MR) is 57.2 cm³/mol. The van der Waals surface area contributed by atoms with Gasteiger partial charge in [-0.3, -0.25) is 0 Å². The second kappa shape index (κ2) is 4.23. The standard InChI is InChI=1S/C11H13N3O/c1-8-5-10(6-12-2)14-11(13-8)9-3-4-15-7-9/h3-5,7,12H,6H2,1-2H3. The van der Waals surface area contributed by atoms with Crippen LogP contribution in [0.4, 0.5) is 0 Å². The minimum atomic E-state index is 0.717. The average molecular weight is 203 g/mol. The summed E-state index contributed by atoms with van der Waals surface area (Å²) >= 11 is 0. The van der Waals surface area contributed by atoms with Gasteiger partial charge in [-0.2, -0.15) is 0 Å². The van der Waals surface area contributed by atoms with E-state index < -0.39 is 0 Å². The summed E-state index contributed by atoms with van der Waals surface area (Å²) in [7, 11) is 1.90. The van der Waals surface area contributed by atoms with Crippen LogP contribution < -0.4 is 5.32 Å². The van der Waals surface area contributed by atoms with E-state index in [1.807, 2.05) is 26.1 Å². The SMILES string of the molecule is CNCc1cc(C)nc(-c2ccoc2)n1. The van der Waals surface area contributed by atoms with Gasteiger partial charge in [0.25, 0.3) is 0 Å². The van der Waals surface area contributed by atoms with E-state index in [0.29, 0.717) is 5.82 Å². The van der Waals surface area contributed by atoms with E-state index in [9.17, 15) is 0 Å². The molecule has 2 heterocycles.